The van der Waals surface area contributed by atoms with Crippen LogP contribution in [0.3, 0.4) is 0 Å². The molecule has 2 aromatic heterocycles. The van der Waals surface area contributed by atoms with E-state index in [2.05, 4.69) is 15.3 Å². The Hall–Kier alpha value is -2.34. The molecule has 1 fully saturated rings. The van der Waals surface area contributed by atoms with Crippen LogP contribution < -0.4 is 0 Å². The maximum Gasteiger partial charge on any atom is 0.400 e. The molecular formula is C22H14Cl2F4N4OS2. The van der Waals surface area contributed by atoms with E-state index in [1.165, 1.54) is 41.3 Å². The van der Waals surface area contributed by atoms with Crippen LogP contribution in [0.5, 0.6) is 0 Å². The average Bonchev–Trinajstić information content (AvgIpc) is 3.30. The molecule has 1 aliphatic rings. The molecule has 0 amide bonds. The molecule has 35 heavy (non-hydrogen) atoms. The molecule has 0 bridgehead atoms. The molecule has 0 saturated heterocycles. The van der Waals surface area contributed by atoms with E-state index in [0.717, 1.165) is 11.3 Å². The third kappa shape index (κ3) is 4.18. The number of alkyl halides is 3. The lowest BCUT2D eigenvalue weighted by molar-refractivity contribution is -0.160. The number of rotatable bonds is 5. The van der Waals surface area contributed by atoms with Gasteiger partial charge in [-0.1, -0.05) is 34.5 Å². The van der Waals surface area contributed by atoms with Crippen molar-refractivity contribution in [1.29, 1.82) is 0 Å². The summed E-state index contributed by atoms with van der Waals surface area (Å²) in [7, 11) is -1.67. The Bertz CT molecular complexity index is 1460. The van der Waals surface area contributed by atoms with Crippen molar-refractivity contribution in [2.24, 2.45) is 0 Å². The summed E-state index contributed by atoms with van der Waals surface area (Å²) in [6, 6.07) is 10.1. The summed E-state index contributed by atoms with van der Waals surface area (Å²) >= 11 is 13.2. The largest absolute Gasteiger partial charge is 0.400 e. The minimum atomic E-state index is -4.45. The van der Waals surface area contributed by atoms with E-state index in [1.54, 1.807) is 12.1 Å². The Morgan fingerprint density at radius 3 is 2.34 bits per heavy atom. The standard InChI is InChI=1S/C22H14Cl2F4N4OS2/c1-35(33)18-16(19-29-30-20(34-19)21(8-9-21)22(26,27)28)31-32(15-7-4-12(23)10-14(15)24)17(18)11-2-5-13(25)6-3-11/h2-7,10H,8-9H2,1H3. The van der Waals surface area contributed by atoms with Crippen molar-refractivity contribution in [3.63, 3.8) is 0 Å². The molecule has 5 rings (SSSR count). The maximum absolute atomic E-state index is 13.7. The summed E-state index contributed by atoms with van der Waals surface area (Å²) < 4.78 is 68.9. The monoisotopic (exact) mass is 560 g/mol. The van der Waals surface area contributed by atoms with Crippen molar-refractivity contribution in [3.8, 4) is 27.6 Å². The second kappa shape index (κ2) is 8.65. The van der Waals surface area contributed by atoms with Crippen LogP contribution in [0.2, 0.25) is 10.0 Å². The highest BCUT2D eigenvalue weighted by Gasteiger charge is 2.66. The minimum absolute atomic E-state index is 0.0622. The summed E-state index contributed by atoms with van der Waals surface area (Å²) in [5.41, 5.74) is -0.709. The second-order valence-electron chi connectivity index (χ2n) is 7.99. The molecule has 0 aliphatic heterocycles. The average molecular weight is 561 g/mol. The lowest BCUT2D eigenvalue weighted by atomic mass is 10.1. The van der Waals surface area contributed by atoms with Crippen LogP contribution in [-0.2, 0) is 16.2 Å². The van der Waals surface area contributed by atoms with Crippen LogP contribution in [0.15, 0.2) is 47.4 Å². The number of hydrogen-bond donors (Lipinski definition) is 0. The molecular weight excluding hydrogens is 547 g/mol. The maximum atomic E-state index is 13.7. The fourth-order valence-corrected chi connectivity index (χ4v) is 6.30. The quantitative estimate of drug-likeness (QED) is 0.251. The van der Waals surface area contributed by atoms with Crippen LogP contribution in [0.25, 0.3) is 27.6 Å². The first kappa shape index (κ1) is 24.4. The first-order valence-corrected chi connectivity index (χ1v) is 13.2. The zero-order chi connectivity index (χ0) is 25.1. The molecule has 1 atom stereocenters. The van der Waals surface area contributed by atoms with Gasteiger partial charge in [0.1, 0.15) is 21.9 Å². The van der Waals surface area contributed by atoms with Gasteiger partial charge in [0.25, 0.3) is 0 Å². The van der Waals surface area contributed by atoms with E-state index >= 15 is 0 Å². The van der Waals surface area contributed by atoms with E-state index in [4.69, 9.17) is 23.2 Å². The molecule has 0 spiro atoms. The summed E-state index contributed by atoms with van der Waals surface area (Å²) in [6.45, 7) is 0. The van der Waals surface area contributed by atoms with Crippen molar-refractivity contribution < 1.29 is 21.8 Å². The molecule has 4 aromatic rings. The number of hydrogen-bond acceptors (Lipinski definition) is 5. The molecule has 182 valence electrons. The van der Waals surface area contributed by atoms with Crippen molar-refractivity contribution >= 4 is 45.3 Å². The molecule has 0 radical (unpaired) electrons. The third-order valence-electron chi connectivity index (χ3n) is 5.71. The normalized spacial score (nSPS) is 15.9. The SMILES string of the molecule is CS(=O)c1c(-c2nnc(C3(C(F)(F)F)CC3)s2)nn(-c2ccc(Cl)cc2Cl)c1-c1ccc(F)cc1. The van der Waals surface area contributed by atoms with Gasteiger partial charge in [-0.15, -0.1) is 10.2 Å². The summed E-state index contributed by atoms with van der Waals surface area (Å²) in [5.74, 6) is -0.473. The van der Waals surface area contributed by atoms with Gasteiger partial charge < -0.3 is 0 Å². The highest BCUT2D eigenvalue weighted by Crippen LogP contribution is 2.60. The van der Waals surface area contributed by atoms with Gasteiger partial charge in [-0.25, -0.2) is 9.07 Å². The van der Waals surface area contributed by atoms with Gasteiger partial charge in [0, 0.05) is 16.8 Å². The fraction of sp³-hybridized carbons (Fsp3) is 0.227. The highest BCUT2D eigenvalue weighted by molar-refractivity contribution is 7.84. The van der Waals surface area contributed by atoms with Gasteiger partial charge in [-0.05, 0) is 55.3 Å². The van der Waals surface area contributed by atoms with Gasteiger partial charge in [-0.3, -0.25) is 4.21 Å². The minimum Gasteiger partial charge on any atom is -0.254 e. The molecule has 5 nitrogen and oxygen atoms in total. The Balaban J connectivity index is 1.76. The second-order valence-corrected chi connectivity index (χ2v) is 11.1. The Morgan fingerprint density at radius 1 is 1.09 bits per heavy atom. The van der Waals surface area contributed by atoms with Gasteiger partial charge in [0.2, 0.25) is 0 Å². The van der Waals surface area contributed by atoms with E-state index in [0.29, 0.717) is 22.0 Å². The fourth-order valence-electron chi connectivity index (χ4n) is 3.76. The van der Waals surface area contributed by atoms with Crippen LogP contribution in [0.1, 0.15) is 17.8 Å². The van der Waals surface area contributed by atoms with E-state index in [9.17, 15) is 21.8 Å². The number of nitrogens with zero attached hydrogens (tertiary/aromatic N) is 4. The van der Waals surface area contributed by atoms with Gasteiger partial charge in [-0.2, -0.15) is 18.3 Å². The smallest absolute Gasteiger partial charge is 0.254 e. The molecule has 2 heterocycles. The van der Waals surface area contributed by atoms with Crippen LogP contribution >= 0.6 is 34.5 Å². The Labute approximate surface area is 213 Å². The zero-order valence-corrected chi connectivity index (χ0v) is 20.9. The Morgan fingerprint density at radius 2 is 1.77 bits per heavy atom. The number of halogens is 6. The van der Waals surface area contributed by atoms with Crippen molar-refractivity contribution in [2.45, 2.75) is 29.3 Å². The molecule has 2 aromatic carbocycles. The first-order valence-electron chi connectivity index (χ1n) is 10.1. The van der Waals surface area contributed by atoms with Crippen LogP contribution in [-0.4, -0.2) is 36.6 Å². The first-order chi connectivity index (χ1) is 16.5. The topological polar surface area (TPSA) is 60.7 Å². The molecule has 13 heteroatoms. The predicted octanol–water partition coefficient (Wildman–Crippen LogP) is 6.84. The summed E-state index contributed by atoms with van der Waals surface area (Å²) in [5, 5.41) is 12.9. The van der Waals surface area contributed by atoms with Crippen molar-refractivity contribution in [2.75, 3.05) is 6.26 Å². The molecule has 1 saturated carbocycles. The number of benzene rings is 2. The zero-order valence-electron chi connectivity index (χ0n) is 17.7. The predicted molar refractivity (Wildman–Crippen MR) is 127 cm³/mol. The number of aromatic nitrogens is 4. The van der Waals surface area contributed by atoms with Crippen LogP contribution in [0, 0.1) is 5.82 Å². The van der Waals surface area contributed by atoms with Gasteiger partial charge in [0.15, 0.2) is 5.01 Å². The lowest BCUT2D eigenvalue weighted by Crippen LogP contribution is -2.28. The van der Waals surface area contributed by atoms with Crippen molar-refractivity contribution in [3.05, 3.63) is 63.3 Å². The third-order valence-corrected chi connectivity index (χ3v) is 8.35. The van der Waals surface area contributed by atoms with E-state index in [1.807, 2.05) is 0 Å². The molecule has 1 aliphatic carbocycles. The Kier molecular flexibility index (Phi) is 6.02. The van der Waals surface area contributed by atoms with Crippen molar-refractivity contribution in [1.82, 2.24) is 20.0 Å². The van der Waals surface area contributed by atoms with E-state index < -0.39 is 28.2 Å². The summed E-state index contributed by atoms with van der Waals surface area (Å²) in [4.78, 5) is 0.210. The molecule has 0 N–H and O–H groups in total. The summed E-state index contributed by atoms with van der Waals surface area (Å²) in [6.07, 6.45) is -3.15. The van der Waals surface area contributed by atoms with Crippen LogP contribution in [0.4, 0.5) is 17.6 Å². The van der Waals surface area contributed by atoms with Gasteiger partial charge >= 0.3 is 6.18 Å². The van der Waals surface area contributed by atoms with E-state index in [-0.39, 0.29) is 38.5 Å². The lowest BCUT2D eigenvalue weighted by Gasteiger charge is -2.15. The highest BCUT2D eigenvalue weighted by atomic mass is 35.5. The van der Waals surface area contributed by atoms with Gasteiger partial charge in [0.05, 0.1) is 32.1 Å². The molecule has 1 unspecified atom stereocenters.